The lowest BCUT2D eigenvalue weighted by Gasteiger charge is -2.40. The summed E-state index contributed by atoms with van der Waals surface area (Å²) in [6.45, 7) is 0. The van der Waals surface area contributed by atoms with Gasteiger partial charge in [-0.1, -0.05) is 188 Å². The maximum atomic E-state index is 4.77. The van der Waals surface area contributed by atoms with Crippen LogP contribution in [0.15, 0.2) is 213 Å². The molecule has 1 nitrogen and oxygen atoms in total. The molecule has 11 aromatic rings. The molecule has 10 aromatic carbocycles. The topological polar surface area (TPSA) is 12.9 Å². The molecule has 1 aromatic heterocycles. The van der Waals surface area contributed by atoms with Crippen LogP contribution < -0.4 is 0 Å². The lowest BCUT2D eigenvalue weighted by Crippen LogP contribution is -2.31. The normalized spacial score (nSPS) is 14.8. The van der Waals surface area contributed by atoms with E-state index < -0.39 is 5.41 Å². The summed E-state index contributed by atoms with van der Waals surface area (Å²) in [6.07, 6.45) is 4.07. The number of nitrogens with zero attached hydrogens (tertiary/aromatic N) is 1. The molecule has 1 spiro atoms. The third-order valence-electron chi connectivity index (χ3n) is 13.4. The van der Waals surface area contributed by atoms with Crippen molar-refractivity contribution in [1.29, 1.82) is 0 Å². The first-order chi connectivity index (χ1) is 29.3. The molecule has 0 amide bonds. The third-order valence-corrected chi connectivity index (χ3v) is 13.4. The highest BCUT2D eigenvalue weighted by Crippen LogP contribution is 2.62. The number of benzene rings is 10. The summed E-state index contributed by atoms with van der Waals surface area (Å²) >= 11 is 0. The van der Waals surface area contributed by atoms with Gasteiger partial charge in [0.15, 0.2) is 0 Å². The summed E-state index contributed by atoms with van der Waals surface area (Å²) < 4.78 is 0. The maximum absolute atomic E-state index is 4.77. The van der Waals surface area contributed by atoms with E-state index in [1.807, 2.05) is 6.20 Å². The lowest BCUT2D eigenvalue weighted by atomic mass is 9.61. The average Bonchev–Trinajstić information content (AvgIpc) is 3.59. The van der Waals surface area contributed by atoms with Crippen molar-refractivity contribution in [3.63, 3.8) is 0 Å². The molecule has 272 valence electrons. The summed E-state index contributed by atoms with van der Waals surface area (Å²) in [4.78, 5) is 4.77. The number of aromatic nitrogens is 1. The molecular weight excluding hydrogens is 711 g/mol. The van der Waals surface area contributed by atoms with Crippen LogP contribution >= 0.6 is 0 Å². The number of hydrogen-bond donors (Lipinski definition) is 0. The average molecular weight is 746 g/mol. The van der Waals surface area contributed by atoms with E-state index in [0.717, 1.165) is 0 Å². The van der Waals surface area contributed by atoms with E-state index in [4.69, 9.17) is 4.98 Å². The minimum Gasteiger partial charge on any atom is -0.264 e. The smallest absolute Gasteiger partial charge is 0.0726 e. The van der Waals surface area contributed by atoms with Crippen molar-refractivity contribution in [3.05, 3.63) is 235 Å². The van der Waals surface area contributed by atoms with E-state index in [0.29, 0.717) is 0 Å². The zero-order chi connectivity index (χ0) is 38.7. The molecule has 1 unspecified atom stereocenters. The van der Waals surface area contributed by atoms with Gasteiger partial charge in [0, 0.05) is 18.0 Å². The van der Waals surface area contributed by atoms with Crippen LogP contribution in [0.5, 0.6) is 0 Å². The van der Waals surface area contributed by atoms with Crippen LogP contribution in [0.2, 0.25) is 0 Å². The Morgan fingerprint density at radius 2 is 0.814 bits per heavy atom. The Kier molecular flexibility index (Phi) is 6.71. The van der Waals surface area contributed by atoms with E-state index in [-0.39, 0.29) is 0 Å². The SMILES string of the molecule is c1ccc2c(c1)-c1cccc3cccc(c13)C21c2ccncc2-c2cc(-c3c4ccccc4c(-c4ccc(-c5cccc6ccccc56)cc4)c4ccccc34)ccc21. The van der Waals surface area contributed by atoms with Crippen LogP contribution in [0.4, 0.5) is 0 Å². The third kappa shape index (κ3) is 4.37. The summed E-state index contributed by atoms with van der Waals surface area (Å²) in [6, 6.07) is 74.6. The fourth-order valence-electron chi connectivity index (χ4n) is 11.0. The standard InChI is InChI=1S/C58H35N/c1-2-16-41-36(12-1)13-9-22-42(41)37-26-28-39(29-27-37)55-45-18-3-5-20-47(45)56(48-21-6-4-19-46(48)55)40-30-31-52-49(34-40)50-35-59-33-32-53(50)58(52)51-24-8-7-17-43(51)44-23-10-14-38-15-11-25-54(58)57(38)44/h1-35H. The van der Waals surface area contributed by atoms with Crippen molar-refractivity contribution < 1.29 is 0 Å². The fraction of sp³-hybridized carbons (Fsp3) is 0.0172. The summed E-state index contributed by atoms with van der Waals surface area (Å²) in [5, 5.41) is 10.2. The number of pyridine rings is 1. The molecule has 0 fully saturated rings. The van der Waals surface area contributed by atoms with Gasteiger partial charge >= 0.3 is 0 Å². The lowest BCUT2D eigenvalue weighted by molar-refractivity contribution is 0.772. The second kappa shape index (κ2) is 12.2. The maximum Gasteiger partial charge on any atom is 0.0726 e. The molecule has 1 heterocycles. The minimum atomic E-state index is -0.469. The molecule has 0 saturated heterocycles. The number of rotatable bonds is 3. The van der Waals surface area contributed by atoms with Crippen molar-refractivity contribution in [2.75, 3.05) is 0 Å². The van der Waals surface area contributed by atoms with E-state index in [9.17, 15) is 0 Å². The first-order valence-corrected chi connectivity index (χ1v) is 20.5. The van der Waals surface area contributed by atoms with Crippen molar-refractivity contribution in [2.45, 2.75) is 5.41 Å². The molecule has 0 N–H and O–H groups in total. The van der Waals surface area contributed by atoms with Gasteiger partial charge in [0.2, 0.25) is 0 Å². The molecule has 0 bridgehead atoms. The Balaban J connectivity index is 1.04. The van der Waals surface area contributed by atoms with Crippen molar-refractivity contribution in [1.82, 2.24) is 4.98 Å². The Hall–Kier alpha value is -7.61. The molecular formula is C58H35N. The zero-order valence-electron chi connectivity index (χ0n) is 32.2. The number of fused-ring (bicyclic) bond motifs is 12. The van der Waals surface area contributed by atoms with E-state index in [1.54, 1.807) is 0 Å². The second-order valence-electron chi connectivity index (χ2n) is 16.1. The van der Waals surface area contributed by atoms with Gasteiger partial charge in [0.25, 0.3) is 0 Å². The molecule has 2 aliphatic rings. The van der Waals surface area contributed by atoms with Gasteiger partial charge in [-0.3, -0.25) is 4.98 Å². The molecule has 1 atom stereocenters. The van der Waals surface area contributed by atoms with Crippen LogP contribution in [-0.2, 0) is 5.41 Å². The van der Waals surface area contributed by atoms with Crippen molar-refractivity contribution >= 4 is 43.1 Å². The van der Waals surface area contributed by atoms with Gasteiger partial charge in [-0.15, -0.1) is 0 Å². The Bertz CT molecular complexity index is 3490. The highest BCUT2D eigenvalue weighted by Gasteiger charge is 2.50. The van der Waals surface area contributed by atoms with Gasteiger partial charge in [-0.05, 0) is 128 Å². The van der Waals surface area contributed by atoms with Crippen molar-refractivity contribution in [3.8, 4) is 55.6 Å². The van der Waals surface area contributed by atoms with Gasteiger partial charge in [0.1, 0.15) is 0 Å². The largest absolute Gasteiger partial charge is 0.264 e. The summed E-state index contributed by atoms with van der Waals surface area (Å²) in [7, 11) is 0. The molecule has 2 aliphatic carbocycles. The zero-order valence-corrected chi connectivity index (χ0v) is 32.2. The monoisotopic (exact) mass is 745 g/mol. The number of hydrogen-bond acceptors (Lipinski definition) is 1. The first kappa shape index (κ1) is 32.5. The van der Waals surface area contributed by atoms with Gasteiger partial charge in [0.05, 0.1) is 5.41 Å². The minimum absolute atomic E-state index is 0.469. The predicted molar refractivity (Wildman–Crippen MR) is 247 cm³/mol. The fourth-order valence-corrected chi connectivity index (χ4v) is 11.0. The Morgan fingerprint density at radius 3 is 1.58 bits per heavy atom. The highest BCUT2D eigenvalue weighted by molar-refractivity contribution is 6.22. The Labute approximate surface area is 342 Å². The molecule has 0 aliphatic heterocycles. The van der Waals surface area contributed by atoms with Gasteiger partial charge in [-0.2, -0.15) is 0 Å². The van der Waals surface area contributed by atoms with Gasteiger partial charge in [-0.25, -0.2) is 0 Å². The van der Waals surface area contributed by atoms with Gasteiger partial charge < -0.3 is 0 Å². The van der Waals surface area contributed by atoms with Crippen LogP contribution in [0.1, 0.15) is 22.3 Å². The van der Waals surface area contributed by atoms with Crippen LogP contribution in [0, 0.1) is 0 Å². The predicted octanol–water partition coefficient (Wildman–Crippen LogP) is 15.0. The quantitative estimate of drug-likeness (QED) is 0.164. The first-order valence-electron chi connectivity index (χ1n) is 20.5. The Morgan fingerprint density at radius 1 is 0.305 bits per heavy atom. The molecule has 0 radical (unpaired) electrons. The second-order valence-corrected chi connectivity index (χ2v) is 16.1. The molecule has 1 heteroatoms. The molecule has 0 saturated carbocycles. The van der Waals surface area contributed by atoms with Crippen LogP contribution in [0.3, 0.4) is 0 Å². The summed E-state index contributed by atoms with van der Waals surface area (Å²) in [5.74, 6) is 0. The van der Waals surface area contributed by atoms with Crippen LogP contribution in [-0.4, -0.2) is 4.98 Å². The van der Waals surface area contributed by atoms with Crippen molar-refractivity contribution in [2.24, 2.45) is 0 Å². The highest BCUT2D eigenvalue weighted by atomic mass is 14.6. The van der Waals surface area contributed by atoms with Crippen LogP contribution in [0.25, 0.3) is 98.7 Å². The molecule has 13 rings (SSSR count). The van der Waals surface area contributed by atoms with E-state index >= 15 is 0 Å². The molecule has 59 heavy (non-hydrogen) atoms. The summed E-state index contributed by atoms with van der Waals surface area (Å²) in [5.41, 5.74) is 17.3. The van der Waals surface area contributed by atoms with E-state index in [1.165, 1.54) is 121 Å². The van der Waals surface area contributed by atoms with E-state index in [2.05, 4.69) is 206 Å².